The molecule has 5 N–H and O–H groups in total. The molecule has 0 fully saturated rings. The highest BCUT2D eigenvalue weighted by atomic mass is 32.1. The molecule has 8 heavy (non-hydrogen) atoms. The number of carbonyl (C=O) groups is 1. The summed E-state index contributed by atoms with van der Waals surface area (Å²) in [6, 6.07) is -0.791. The molecule has 6 heteroatoms. The van der Waals surface area contributed by atoms with Gasteiger partial charge < -0.3 is 10.6 Å². The first-order valence-corrected chi connectivity index (χ1v) is 2.04. The van der Waals surface area contributed by atoms with Gasteiger partial charge in [-0.05, 0) is 12.2 Å². The highest BCUT2D eigenvalue weighted by Crippen LogP contribution is 1.65. The largest absolute Gasteiger partial charge is 0.381 e. The number of thiocarbonyl (C=S) groups is 1. The smallest absolute Gasteiger partial charge is 0.319 e. The van der Waals surface area contributed by atoms with Crippen LogP contribution in [-0.4, -0.2) is 11.2 Å². The molecule has 0 saturated carbocycles. The first-order valence-electron chi connectivity index (χ1n) is 1.64. The van der Waals surface area contributed by atoms with Gasteiger partial charge in [0.05, 0.1) is 0 Å². The Balaban J connectivity index is 3.40. The Morgan fingerprint density at radius 3 is 2.38 bits per heavy atom. The minimum Gasteiger partial charge on any atom is -0.381 e. The molecule has 0 spiro atoms. The van der Waals surface area contributed by atoms with Gasteiger partial charge >= 0.3 is 6.03 Å². The molecule has 0 aliphatic rings. The molecular weight excluding hydrogens is 130 g/mol. The third kappa shape index (κ3) is 3.32. The minimum atomic E-state index is -0.791. The second kappa shape index (κ2) is 3.16. The van der Waals surface area contributed by atoms with Crippen molar-refractivity contribution < 1.29 is 9.63 Å². The predicted molar refractivity (Wildman–Crippen MR) is 30.6 cm³/mol. The maximum atomic E-state index is 9.86. The van der Waals surface area contributed by atoms with Crippen molar-refractivity contribution in [3.8, 4) is 0 Å². The van der Waals surface area contributed by atoms with Crippen LogP contribution in [-0.2, 0) is 4.84 Å². The van der Waals surface area contributed by atoms with Gasteiger partial charge in [-0.25, -0.2) is 4.79 Å². The highest BCUT2D eigenvalue weighted by molar-refractivity contribution is 7.80. The van der Waals surface area contributed by atoms with E-state index in [0.29, 0.717) is 0 Å². The van der Waals surface area contributed by atoms with Gasteiger partial charge in [-0.2, -0.15) is 5.90 Å². The summed E-state index contributed by atoms with van der Waals surface area (Å²) in [5.74, 6) is 4.51. The Bertz CT molecular complexity index is 114. The number of amides is 2. The number of hydrogen-bond donors (Lipinski definition) is 3. The lowest BCUT2D eigenvalue weighted by Crippen LogP contribution is -2.36. The summed E-state index contributed by atoms with van der Waals surface area (Å²) < 4.78 is 0. The van der Waals surface area contributed by atoms with E-state index in [1.54, 1.807) is 0 Å². The topological polar surface area (TPSA) is 90.4 Å². The van der Waals surface area contributed by atoms with Crippen LogP contribution < -0.4 is 16.9 Å². The average molecular weight is 135 g/mol. The average Bonchev–Trinajstić information content (AvgIpc) is 1.65. The number of carbonyl (C=O) groups excluding carboxylic acids is 1. The Morgan fingerprint density at radius 1 is 1.75 bits per heavy atom. The third-order valence-corrected chi connectivity index (χ3v) is 0.531. The van der Waals surface area contributed by atoms with Crippen molar-refractivity contribution in [1.29, 1.82) is 0 Å². The molecule has 0 aromatic carbocycles. The Labute approximate surface area is 50.9 Å². The van der Waals surface area contributed by atoms with E-state index >= 15 is 0 Å². The molecule has 0 unspecified atom stereocenters. The van der Waals surface area contributed by atoms with Gasteiger partial charge in [-0.1, -0.05) is 0 Å². The second-order valence-corrected chi connectivity index (χ2v) is 1.27. The number of primary amides is 1. The molecule has 0 aromatic heterocycles. The Kier molecular flexibility index (Phi) is 2.82. The molecule has 0 rings (SSSR count). The lowest BCUT2D eigenvalue weighted by atomic mass is 11.0. The third-order valence-electron chi connectivity index (χ3n) is 0.332. The van der Waals surface area contributed by atoms with E-state index < -0.39 is 6.03 Å². The van der Waals surface area contributed by atoms with Gasteiger partial charge in [-0.3, -0.25) is 5.32 Å². The molecule has 0 saturated heterocycles. The summed E-state index contributed by atoms with van der Waals surface area (Å²) in [6.45, 7) is 0. The van der Waals surface area contributed by atoms with Gasteiger partial charge in [-0.15, -0.1) is 0 Å². The summed E-state index contributed by atoms with van der Waals surface area (Å²) in [6.07, 6.45) is 0. The van der Waals surface area contributed by atoms with Gasteiger partial charge in [0.1, 0.15) is 0 Å². The van der Waals surface area contributed by atoms with Crippen molar-refractivity contribution in [3.63, 3.8) is 0 Å². The molecule has 0 heterocycles. The van der Waals surface area contributed by atoms with Crippen molar-refractivity contribution in [2.45, 2.75) is 0 Å². The second-order valence-electron chi connectivity index (χ2n) is 0.895. The monoisotopic (exact) mass is 135 g/mol. The number of hydrogen-bond acceptors (Lipinski definition) is 4. The molecule has 0 radical (unpaired) electrons. The molecule has 2 amide bonds. The molecule has 0 aliphatic heterocycles. The van der Waals surface area contributed by atoms with Crippen LogP contribution in [0.25, 0.3) is 0 Å². The first kappa shape index (κ1) is 7.12. The normalized spacial score (nSPS) is 7.62. The zero-order valence-electron chi connectivity index (χ0n) is 3.88. The molecule has 0 bridgehead atoms. The Morgan fingerprint density at radius 2 is 2.25 bits per heavy atom. The maximum absolute atomic E-state index is 9.86. The zero-order chi connectivity index (χ0) is 6.57. The predicted octanol–water partition coefficient (Wildman–Crippen LogP) is -1.17. The van der Waals surface area contributed by atoms with E-state index in [2.05, 4.69) is 28.7 Å². The van der Waals surface area contributed by atoms with Gasteiger partial charge in [0.15, 0.2) is 0 Å². The van der Waals surface area contributed by atoms with E-state index in [4.69, 9.17) is 0 Å². The molecule has 0 atom stereocenters. The van der Waals surface area contributed by atoms with Gasteiger partial charge in [0, 0.05) is 0 Å². The standard InChI is InChI=1S/C2H5N3O2S/c3-1(6)5-2(8)7-4/h4H2,(H3,3,5,6,8). The molecule has 0 aromatic rings. The van der Waals surface area contributed by atoms with Crippen LogP contribution in [0.3, 0.4) is 0 Å². The van der Waals surface area contributed by atoms with E-state index in [1.807, 2.05) is 5.32 Å². The van der Waals surface area contributed by atoms with Crippen molar-refractivity contribution in [2.75, 3.05) is 0 Å². The molecule has 46 valence electrons. The highest BCUT2D eigenvalue weighted by Gasteiger charge is 1.94. The summed E-state index contributed by atoms with van der Waals surface area (Å²) in [5, 5.41) is 1.68. The lowest BCUT2D eigenvalue weighted by Gasteiger charge is -1.97. The van der Waals surface area contributed by atoms with Crippen LogP contribution in [0.5, 0.6) is 0 Å². The van der Waals surface area contributed by atoms with Crippen LogP contribution >= 0.6 is 12.2 Å². The van der Waals surface area contributed by atoms with Crippen molar-refractivity contribution in [1.82, 2.24) is 5.32 Å². The van der Waals surface area contributed by atoms with Crippen LogP contribution in [0, 0.1) is 0 Å². The van der Waals surface area contributed by atoms with Crippen LogP contribution in [0.4, 0.5) is 4.79 Å². The fourth-order valence-corrected chi connectivity index (χ4v) is 0.231. The Hall–Kier alpha value is -0.880. The summed E-state index contributed by atoms with van der Waals surface area (Å²) in [4.78, 5) is 13.7. The first-order chi connectivity index (χ1) is 3.66. The maximum Gasteiger partial charge on any atom is 0.319 e. The van der Waals surface area contributed by atoms with Crippen LogP contribution in [0.2, 0.25) is 0 Å². The lowest BCUT2D eigenvalue weighted by molar-refractivity contribution is 0.248. The SMILES string of the molecule is NOC(=S)NC(N)=O. The van der Waals surface area contributed by atoms with E-state index in [-0.39, 0.29) is 5.17 Å². The number of rotatable bonds is 0. The summed E-state index contributed by atoms with van der Waals surface area (Å²) in [5.41, 5.74) is 4.60. The fraction of sp³-hybridized carbons (Fsp3) is 0. The van der Waals surface area contributed by atoms with E-state index in [1.165, 1.54) is 0 Å². The molecule has 5 nitrogen and oxygen atoms in total. The summed E-state index contributed by atoms with van der Waals surface area (Å²) >= 11 is 4.27. The van der Waals surface area contributed by atoms with E-state index in [9.17, 15) is 4.79 Å². The minimum absolute atomic E-state index is 0.238. The number of nitrogens with two attached hydrogens (primary N) is 2. The summed E-state index contributed by atoms with van der Waals surface area (Å²) in [7, 11) is 0. The van der Waals surface area contributed by atoms with Crippen LogP contribution in [0.15, 0.2) is 0 Å². The van der Waals surface area contributed by atoms with Crippen LogP contribution in [0.1, 0.15) is 0 Å². The van der Waals surface area contributed by atoms with Crippen molar-refractivity contribution in [2.24, 2.45) is 11.6 Å². The van der Waals surface area contributed by atoms with Crippen molar-refractivity contribution in [3.05, 3.63) is 0 Å². The number of urea groups is 1. The van der Waals surface area contributed by atoms with E-state index in [0.717, 1.165) is 0 Å². The fourth-order valence-electron chi connectivity index (χ4n) is 0.130. The zero-order valence-corrected chi connectivity index (χ0v) is 4.70. The molecular formula is C2H5N3O2S. The van der Waals surface area contributed by atoms with Gasteiger partial charge in [0.25, 0.3) is 5.17 Å². The number of nitrogens with one attached hydrogen (secondary N) is 1. The quantitative estimate of drug-likeness (QED) is 0.288. The van der Waals surface area contributed by atoms with Gasteiger partial charge in [0.2, 0.25) is 0 Å². The van der Waals surface area contributed by atoms with Crippen molar-refractivity contribution >= 4 is 23.4 Å². The molecule has 0 aliphatic carbocycles.